The molecule has 1 saturated heterocycles. The third kappa shape index (κ3) is 5.62. The molecule has 3 rings (SSSR count). The molecule has 1 aliphatic heterocycles. The fraction of sp³-hybridized carbons (Fsp3) is 0.550. The topological polar surface area (TPSA) is 70.9 Å². The second-order valence-electron chi connectivity index (χ2n) is 7.50. The second kappa shape index (κ2) is 9.62. The van der Waals surface area contributed by atoms with Crippen LogP contribution in [0.1, 0.15) is 32.1 Å². The molecule has 2 N–H and O–H groups in total. The summed E-state index contributed by atoms with van der Waals surface area (Å²) in [4.78, 5) is 13.2. The summed E-state index contributed by atoms with van der Waals surface area (Å²) in [6.45, 7) is 2.80. The van der Waals surface area contributed by atoms with Crippen LogP contribution in [-0.2, 0) is 14.8 Å². The van der Waals surface area contributed by atoms with Gasteiger partial charge in [0.2, 0.25) is 10.0 Å². The number of sulfonamides is 1. The molecule has 0 saturated carbocycles. The van der Waals surface area contributed by atoms with Crippen LogP contribution < -0.4 is 10.2 Å². The number of piperazine rings is 1. The molecule has 1 aromatic rings. The van der Waals surface area contributed by atoms with Crippen molar-refractivity contribution in [2.24, 2.45) is 0 Å². The SMILES string of the molecule is O=C(C[NH+]1CCN(S(=O)(=O)c2cccc(F)c2)CC1)NCCC1=CCCCC1. The Morgan fingerprint density at radius 1 is 1.21 bits per heavy atom. The highest BCUT2D eigenvalue weighted by molar-refractivity contribution is 7.89. The third-order valence-electron chi connectivity index (χ3n) is 5.43. The fourth-order valence-electron chi connectivity index (χ4n) is 3.78. The molecule has 1 heterocycles. The summed E-state index contributed by atoms with van der Waals surface area (Å²) in [7, 11) is -3.69. The van der Waals surface area contributed by atoms with Gasteiger partial charge < -0.3 is 10.2 Å². The van der Waals surface area contributed by atoms with Crippen molar-refractivity contribution in [1.82, 2.24) is 9.62 Å². The number of nitrogens with zero attached hydrogens (tertiary/aromatic N) is 1. The minimum absolute atomic E-state index is 0.00727. The van der Waals surface area contributed by atoms with Crippen molar-refractivity contribution in [3.8, 4) is 0 Å². The van der Waals surface area contributed by atoms with E-state index in [0.29, 0.717) is 39.3 Å². The normalized spacial score (nSPS) is 19.2. The predicted octanol–water partition coefficient (Wildman–Crippen LogP) is 0.722. The Bertz CT molecular complexity index is 818. The summed E-state index contributed by atoms with van der Waals surface area (Å²) in [6.07, 6.45) is 8.01. The van der Waals surface area contributed by atoms with Gasteiger partial charge in [-0.3, -0.25) is 4.79 Å². The van der Waals surface area contributed by atoms with Gasteiger partial charge in [0.15, 0.2) is 6.54 Å². The Kier molecular flexibility index (Phi) is 7.20. The number of allylic oxidation sites excluding steroid dienone is 1. The molecule has 0 atom stereocenters. The highest BCUT2D eigenvalue weighted by Gasteiger charge is 2.31. The van der Waals surface area contributed by atoms with Crippen LogP contribution in [0.4, 0.5) is 4.39 Å². The first-order valence-corrected chi connectivity index (χ1v) is 11.4. The van der Waals surface area contributed by atoms with Gasteiger partial charge in [-0.2, -0.15) is 4.31 Å². The van der Waals surface area contributed by atoms with Crippen molar-refractivity contribution in [3.05, 3.63) is 41.7 Å². The Labute approximate surface area is 166 Å². The minimum Gasteiger partial charge on any atom is -0.351 e. The molecular formula is C20H29FN3O3S+. The van der Waals surface area contributed by atoms with Crippen molar-refractivity contribution in [2.45, 2.75) is 37.0 Å². The van der Waals surface area contributed by atoms with Crippen LogP contribution in [0, 0.1) is 5.82 Å². The molecule has 1 fully saturated rings. The maximum Gasteiger partial charge on any atom is 0.275 e. The Hall–Kier alpha value is -1.77. The lowest BCUT2D eigenvalue weighted by Gasteiger charge is -2.31. The van der Waals surface area contributed by atoms with E-state index in [0.717, 1.165) is 30.2 Å². The van der Waals surface area contributed by atoms with Crippen molar-refractivity contribution in [1.29, 1.82) is 0 Å². The molecule has 0 aromatic heterocycles. The van der Waals surface area contributed by atoms with Crippen LogP contribution in [0.5, 0.6) is 0 Å². The van der Waals surface area contributed by atoms with Crippen LogP contribution >= 0.6 is 0 Å². The van der Waals surface area contributed by atoms with Gasteiger partial charge in [-0.25, -0.2) is 12.8 Å². The smallest absolute Gasteiger partial charge is 0.275 e. The molecule has 6 nitrogen and oxygen atoms in total. The summed E-state index contributed by atoms with van der Waals surface area (Å²) in [5, 5.41) is 2.98. The monoisotopic (exact) mass is 410 g/mol. The van der Waals surface area contributed by atoms with Crippen molar-refractivity contribution >= 4 is 15.9 Å². The Balaban J connectivity index is 1.42. The number of benzene rings is 1. The quantitative estimate of drug-likeness (QED) is 0.651. The predicted molar refractivity (Wildman–Crippen MR) is 105 cm³/mol. The van der Waals surface area contributed by atoms with E-state index in [2.05, 4.69) is 11.4 Å². The number of quaternary nitrogens is 1. The van der Waals surface area contributed by atoms with E-state index in [-0.39, 0.29) is 10.8 Å². The van der Waals surface area contributed by atoms with Gasteiger partial charge in [-0.15, -0.1) is 0 Å². The molecule has 154 valence electrons. The lowest BCUT2D eigenvalue weighted by molar-refractivity contribution is -0.895. The maximum absolute atomic E-state index is 13.4. The van der Waals surface area contributed by atoms with Gasteiger partial charge >= 0.3 is 0 Å². The lowest BCUT2D eigenvalue weighted by atomic mass is 9.97. The molecule has 0 bridgehead atoms. The number of nitrogens with one attached hydrogen (secondary N) is 2. The average Bonchev–Trinajstić information content (AvgIpc) is 2.69. The number of carbonyl (C=O) groups is 1. The van der Waals surface area contributed by atoms with E-state index in [9.17, 15) is 17.6 Å². The summed E-state index contributed by atoms with van der Waals surface area (Å²) in [5.41, 5.74) is 1.44. The van der Waals surface area contributed by atoms with E-state index in [1.54, 1.807) is 0 Å². The van der Waals surface area contributed by atoms with Gasteiger partial charge in [-0.1, -0.05) is 17.7 Å². The van der Waals surface area contributed by atoms with Crippen LogP contribution in [0.3, 0.4) is 0 Å². The number of amides is 1. The first-order valence-electron chi connectivity index (χ1n) is 9.99. The van der Waals surface area contributed by atoms with Crippen molar-refractivity contribution in [3.63, 3.8) is 0 Å². The van der Waals surface area contributed by atoms with Crippen LogP contribution in [0.2, 0.25) is 0 Å². The highest BCUT2D eigenvalue weighted by atomic mass is 32.2. The minimum atomic E-state index is -3.69. The fourth-order valence-corrected chi connectivity index (χ4v) is 5.25. The average molecular weight is 411 g/mol. The molecule has 1 aromatic carbocycles. The third-order valence-corrected chi connectivity index (χ3v) is 7.32. The number of hydrogen-bond donors (Lipinski definition) is 2. The summed E-state index contributed by atoms with van der Waals surface area (Å²) in [5.74, 6) is -0.557. The number of carbonyl (C=O) groups excluding carboxylic acids is 1. The van der Waals surface area contributed by atoms with E-state index in [4.69, 9.17) is 0 Å². The number of halogens is 1. The molecule has 1 aliphatic carbocycles. The first kappa shape index (κ1) is 21.0. The molecule has 0 spiro atoms. The second-order valence-corrected chi connectivity index (χ2v) is 9.43. The molecule has 28 heavy (non-hydrogen) atoms. The van der Waals surface area contributed by atoms with Crippen molar-refractivity contribution < 1.29 is 22.5 Å². The van der Waals surface area contributed by atoms with Gasteiger partial charge in [0, 0.05) is 6.54 Å². The molecule has 2 aliphatic rings. The van der Waals surface area contributed by atoms with Gasteiger partial charge in [0.1, 0.15) is 5.82 Å². The van der Waals surface area contributed by atoms with Gasteiger partial charge in [0.05, 0.1) is 31.1 Å². The van der Waals surface area contributed by atoms with E-state index < -0.39 is 15.8 Å². The van der Waals surface area contributed by atoms with E-state index in [1.165, 1.54) is 40.9 Å². The number of hydrogen-bond acceptors (Lipinski definition) is 3. The zero-order valence-electron chi connectivity index (χ0n) is 16.1. The lowest BCUT2D eigenvalue weighted by Crippen LogP contribution is -3.15. The largest absolute Gasteiger partial charge is 0.351 e. The Morgan fingerprint density at radius 3 is 2.68 bits per heavy atom. The molecule has 8 heteroatoms. The van der Waals surface area contributed by atoms with Gasteiger partial charge in [-0.05, 0) is 50.3 Å². The molecule has 1 amide bonds. The van der Waals surface area contributed by atoms with Crippen LogP contribution in [0.25, 0.3) is 0 Å². The zero-order chi connectivity index (χ0) is 20.0. The van der Waals surface area contributed by atoms with Crippen LogP contribution in [-0.4, -0.2) is 57.9 Å². The Morgan fingerprint density at radius 2 is 2.00 bits per heavy atom. The zero-order valence-corrected chi connectivity index (χ0v) is 16.9. The molecule has 0 radical (unpaired) electrons. The van der Waals surface area contributed by atoms with Gasteiger partial charge in [0.25, 0.3) is 5.91 Å². The van der Waals surface area contributed by atoms with Crippen LogP contribution in [0.15, 0.2) is 40.8 Å². The maximum atomic E-state index is 13.4. The van der Waals surface area contributed by atoms with Crippen molar-refractivity contribution in [2.75, 3.05) is 39.3 Å². The van der Waals surface area contributed by atoms with E-state index in [1.807, 2.05) is 0 Å². The number of rotatable bonds is 7. The molecule has 0 unspecified atom stereocenters. The standard InChI is InChI=1S/C20H28FN3O3S/c21-18-7-4-8-19(15-18)28(26,27)24-13-11-23(12-14-24)16-20(25)22-10-9-17-5-2-1-3-6-17/h4-5,7-8,15H,1-3,6,9-14,16H2,(H,22,25)/p+1. The first-order chi connectivity index (χ1) is 13.4. The molecular weight excluding hydrogens is 381 g/mol. The van der Waals surface area contributed by atoms with E-state index >= 15 is 0 Å². The summed E-state index contributed by atoms with van der Waals surface area (Å²) in [6, 6.07) is 5.08. The highest BCUT2D eigenvalue weighted by Crippen LogP contribution is 2.19. The summed E-state index contributed by atoms with van der Waals surface area (Å²) >= 11 is 0. The summed E-state index contributed by atoms with van der Waals surface area (Å²) < 4.78 is 40.0.